The van der Waals surface area contributed by atoms with Crippen LogP contribution in [0.5, 0.6) is 0 Å². The summed E-state index contributed by atoms with van der Waals surface area (Å²) in [5.74, 6) is 0.0904. The maximum Gasteiger partial charge on any atom is 0.225 e. The van der Waals surface area contributed by atoms with Crippen molar-refractivity contribution in [3.05, 3.63) is 20.8 Å². The van der Waals surface area contributed by atoms with E-state index in [2.05, 4.69) is 33.5 Å². The molecule has 0 atom stereocenters. The van der Waals surface area contributed by atoms with Crippen LogP contribution >= 0.6 is 39.7 Å². The quantitative estimate of drug-likeness (QED) is 0.749. The molecule has 1 heterocycles. The average molecular weight is 342 g/mol. The molecule has 1 rings (SSSR count). The van der Waals surface area contributed by atoms with Crippen LogP contribution in [0.25, 0.3) is 0 Å². The van der Waals surface area contributed by atoms with E-state index in [1.807, 2.05) is 12.1 Å². The molecule has 0 aliphatic rings. The van der Waals surface area contributed by atoms with Gasteiger partial charge in [0.15, 0.2) is 0 Å². The zero-order valence-corrected chi connectivity index (χ0v) is 13.0. The smallest absolute Gasteiger partial charge is 0.225 e. The molecule has 3 nitrogen and oxygen atoms in total. The summed E-state index contributed by atoms with van der Waals surface area (Å²) in [6.45, 7) is 4.67. The summed E-state index contributed by atoms with van der Waals surface area (Å²) in [6, 6.07) is 3.94. The van der Waals surface area contributed by atoms with Crippen LogP contribution in [0.3, 0.4) is 0 Å². The molecule has 2 N–H and O–H groups in total. The zero-order valence-electron chi connectivity index (χ0n) is 9.79. The molecule has 6 heteroatoms. The highest BCUT2D eigenvalue weighted by Gasteiger charge is 2.04. The highest BCUT2D eigenvalue weighted by atomic mass is 79.9. The number of hydrogen-bond acceptors (Lipinski definition) is 3. The second-order valence-corrected chi connectivity index (χ2v) is 6.03. The van der Waals surface area contributed by atoms with E-state index >= 15 is 0 Å². The Morgan fingerprint density at radius 1 is 1.35 bits per heavy atom. The van der Waals surface area contributed by atoms with E-state index in [1.165, 1.54) is 0 Å². The molecule has 0 aliphatic carbocycles. The largest absolute Gasteiger partial charge is 0.355 e. The van der Waals surface area contributed by atoms with Gasteiger partial charge in [0, 0.05) is 18.0 Å². The van der Waals surface area contributed by atoms with Crippen LogP contribution in [-0.4, -0.2) is 25.5 Å². The SMILES string of the molecule is CCCNCCNC(=O)Cc1ccc(Br)s1.Cl. The fraction of sp³-hybridized carbons (Fsp3) is 0.545. The van der Waals surface area contributed by atoms with Crippen molar-refractivity contribution in [2.24, 2.45) is 0 Å². The van der Waals surface area contributed by atoms with Crippen molar-refractivity contribution in [1.82, 2.24) is 10.6 Å². The lowest BCUT2D eigenvalue weighted by atomic mass is 10.3. The lowest BCUT2D eigenvalue weighted by Gasteiger charge is -2.05. The summed E-state index contributed by atoms with van der Waals surface area (Å²) in [6.07, 6.45) is 1.60. The van der Waals surface area contributed by atoms with Crippen molar-refractivity contribution in [2.45, 2.75) is 19.8 Å². The molecule has 0 aromatic carbocycles. The summed E-state index contributed by atoms with van der Waals surface area (Å²) in [5, 5.41) is 6.13. The van der Waals surface area contributed by atoms with Gasteiger partial charge in [0.25, 0.3) is 0 Å². The Balaban J connectivity index is 0.00000256. The van der Waals surface area contributed by atoms with Crippen molar-refractivity contribution in [2.75, 3.05) is 19.6 Å². The first-order valence-electron chi connectivity index (χ1n) is 5.44. The van der Waals surface area contributed by atoms with Crippen molar-refractivity contribution in [3.63, 3.8) is 0 Å². The van der Waals surface area contributed by atoms with Crippen molar-refractivity contribution < 1.29 is 4.79 Å². The fourth-order valence-electron chi connectivity index (χ4n) is 1.26. The van der Waals surface area contributed by atoms with Crippen LogP contribution in [-0.2, 0) is 11.2 Å². The van der Waals surface area contributed by atoms with Gasteiger partial charge in [0.2, 0.25) is 5.91 Å². The molecular weight excluding hydrogens is 324 g/mol. The summed E-state index contributed by atoms with van der Waals surface area (Å²) in [4.78, 5) is 12.6. The van der Waals surface area contributed by atoms with Crippen LogP contribution in [0, 0.1) is 0 Å². The van der Waals surface area contributed by atoms with Gasteiger partial charge < -0.3 is 10.6 Å². The van der Waals surface area contributed by atoms with Crippen LogP contribution in [0.2, 0.25) is 0 Å². The third-order valence-corrected chi connectivity index (χ3v) is 3.64. The van der Waals surface area contributed by atoms with E-state index in [1.54, 1.807) is 11.3 Å². The monoisotopic (exact) mass is 340 g/mol. The van der Waals surface area contributed by atoms with E-state index in [4.69, 9.17) is 0 Å². The highest BCUT2D eigenvalue weighted by Crippen LogP contribution is 2.22. The maximum atomic E-state index is 11.5. The Bertz CT molecular complexity index is 333. The Morgan fingerprint density at radius 3 is 2.71 bits per heavy atom. The summed E-state index contributed by atoms with van der Waals surface area (Å²) >= 11 is 4.98. The summed E-state index contributed by atoms with van der Waals surface area (Å²) in [5.41, 5.74) is 0. The molecule has 0 radical (unpaired) electrons. The Labute approximate surface area is 121 Å². The molecule has 17 heavy (non-hydrogen) atoms. The number of amides is 1. The predicted octanol–water partition coefficient (Wildman–Crippen LogP) is 2.59. The van der Waals surface area contributed by atoms with Crippen molar-refractivity contribution in [1.29, 1.82) is 0 Å². The summed E-state index contributed by atoms with van der Waals surface area (Å²) < 4.78 is 1.07. The molecule has 0 bridgehead atoms. The molecule has 1 aromatic rings. The van der Waals surface area contributed by atoms with Gasteiger partial charge in [-0.05, 0) is 41.0 Å². The van der Waals surface area contributed by atoms with Crippen LogP contribution in [0.1, 0.15) is 18.2 Å². The molecule has 0 saturated heterocycles. The lowest BCUT2D eigenvalue weighted by molar-refractivity contribution is -0.120. The standard InChI is InChI=1S/C11H17BrN2OS.ClH/c1-2-5-13-6-7-14-11(15)8-9-3-4-10(12)16-9;/h3-4,13H,2,5-8H2,1H3,(H,14,15);1H. The molecule has 0 fully saturated rings. The van der Waals surface area contributed by atoms with Crippen LogP contribution < -0.4 is 10.6 Å². The van der Waals surface area contributed by atoms with E-state index in [0.29, 0.717) is 13.0 Å². The van der Waals surface area contributed by atoms with Gasteiger partial charge in [-0.15, -0.1) is 23.7 Å². The number of carbonyl (C=O) groups is 1. The molecule has 1 aromatic heterocycles. The number of halogens is 2. The van der Waals surface area contributed by atoms with E-state index < -0.39 is 0 Å². The second-order valence-electron chi connectivity index (χ2n) is 3.48. The Hall–Kier alpha value is -0.100. The van der Waals surface area contributed by atoms with E-state index in [9.17, 15) is 4.79 Å². The first-order valence-corrected chi connectivity index (χ1v) is 7.05. The van der Waals surface area contributed by atoms with Gasteiger partial charge in [0.1, 0.15) is 0 Å². The number of nitrogens with one attached hydrogen (secondary N) is 2. The average Bonchev–Trinajstić information content (AvgIpc) is 2.63. The minimum Gasteiger partial charge on any atom is -0.355 e. The van der Waals surface area contributed by atoms with Crippen molar-refractivity contribution in [3.8, 4) is 0 Å². The third kappa shape index (κ3) is 7.76. The highest BCUT2D eigenvalue weighted by molar-refractivity contribution is 9.11. The molecule has 0 aliphatic heterocycles. The minimum atomic E-state index is 0. The Morgan fingerprint density at radius 2 is 2.12 bits per heavy atom. The van der Waals surface area contributed by atoms with Gasteiger partial charge in [-0.2, -0.15) is 0 Å². The number of thiophene rings is 1. The van der Waals surface area contributed by atoms with Crippen LogP contribution in [0.15, 0.2) is 15.9 Å². The van der Waals surface area contributed by atoms with Gasteiger partial charge in [0.05, 0.1) is 10.2 Å². The first-order chi connectivity index (χ1) is 7.72. The van der Waals surface area contributed by atoms with E-state index in [-0.39, 0.29) is 18.3 Å². The molecular formula is C11H18BrClN2OS. The molecule has 0 spiro atoms. The zero-order chi connectivity index (χ0) is 11.8. The molecule has 98 valence electrons. The molecule has 0 unspecified atom stereocenters. The Kier molecular flexibility index (Phi) is 9.82. The number of rotatable bonds is 7. The number of carbonyl (C=O) groups excluding carboxylic acids is 1. The van der Waals surface area contributed by atoms with Gasteiger partial charge in [-0.25, -0.2) is 0 Å². The molecule has 1 amide bonds. The maximum absolute atomic E-state index is 11.5. The fourth-order valence-corrected chi connectivity index (χ4v) is 2.74. The normalized spacial score (nSPS) is 9.76. The topological polar surface area (TPSA) is 41.1 Å². The lowest BCUT2D eigenvalue weighted by Crippen LogP contribution is -2.32. The second kappa shape index (κ2) is 9.88. The predicted molar refractivity (Wildman–Crippen MR) is 79.1 cm³/mol. The summed E-state index contributed by atoms with van der Waals surface area (Å²) in [7, 11) is 0. The first kappa shape index (κ1) is 16.9. The minimum absolute atomic E-state index is 0. The van der Waals surface area contributed by atoms with Gasteiger partial charge in [-0.3, -0.25) is 4.79 Å². The number of hydrogen-bond donors (Lipinski definition) is 2. The van der Waals surface area contributed by atoms with Crippen LogP contribution in [0.4, 0.5) is 0 Å². The molecule has 0 saturated carbocycles. The van der Waals surface area contributed by atoms with Gasteiger partial charge in [-0.1, -0.05) is 6.92 Å². The third-order valence-electron chi connectivity index (χ3n) is 2.01. The van der Waals surface area contributed by atoms with Crippen molar-refractivity contribution >= 4 is 45.6 Å². The van der Waals surface area contributed by atoms with Gasteiger partial charge >= 0.3 is 0 Å². The van der Waals surface area contributed by atoms with E-state index in [0.717, 1.165) is 28.2 Å².